The van der Waals surface area contributed by atoms with Gasteiger partial charge in [0.2, 0.25) is 5.91 Å². The Hall–Kier alpha value is -2.04. The molecule has 0 aromatic heterocycles. The summed E-state index contributed by atoms with van der Waals surface area (Å²) in [6.45, 7) is 9.82. The van der Waals surface area contributed by atoms with Gasteiger partial charge in [-0.1, -0.05) is 37.3 Å². The lowest BCUT2D eigenvalue weighted by molar-refractivity contribution is -0.146. The number of rotatable bonds is 3. The van der Waals surface area contributed by atoms with Crippen molar-refractivity contribution in [1.82, 2.24) is 9.80 Å². The Bertz CT molecular complexity index is 632. The Morgan fingerprint density at radius 2 is 1.76 bits per heavy atom. The molecule has 5 nitrogen and oxygen atoms in total. The lowest BCUT2D eigenvalue weighted by atomic mass is 9.83. The molecule has 2 aliphatic heterocycles. The van der Waals surface area contributed by atoms with Gasteiger partial charge in [0.25, 0.3) is 0 Å². The molecule has 0 radical (unpaired) electrons. The lowest BCUT2D eigenvalue weighted by Gasteiger charge is -2.48. The van der Waals surface area contributed by atoms with Gasteiger partial charge in [-0.2, -0.15) is 0 Å². The molecule has 0 saturated carbocycles. The van der Waals surface area contributed by atoms with Gasteiger partial charge >= 0.3 is 6.09 Å². The van der Waals surface area contributed by atoms with Crippen LogP contribution in [0.25, 0.3) is 0 Å². The standard InChI is InChI=1S/C20H28N2O3/c1-14-11-22(18(14)16-8-6-5-7-9-16)17(23)10-15-12-21(13-15)19(24)25-20(2,3)4/h5-9,14-15,18H,10-13H2,1-4H3/t14-,18-/m1/s1. The Balaban J connectivity index is 1.49. The van der Waals surface area contributed by atoms with Crippen LogP contribution in [0.1, 0.15) is 45.7 Å². The summed E-state index contributed by atoms with van der Waals surface area (Å²) in [5.41, 5.74) is 0.730. The molecule has 2 amide bonds. The van der Waals surface area contributed by atoms with Gasteiger partial charge < -0.3 is 14.5 Å². The topological polar surface area (TPSA) is 49.9 Å². The largest absolute Gasteiger partial charge is 0.444 e. The van der Waals surface area contributed by atoms with Gasteiger partial charge in [0.15, 0.2) is 0 Å². The molecule has 3 rings (SSSR count). The molecule has 2 heterocycles. The van der Waals surface area contributed by atoms with E-state index in [-0.39, 0.29) is 24.0 Å². The molecule has 0 aliphatic carbocycles. The summed E-state index contributed by atoms with van der Waals surface area (Å²) in [5.74, 6) is 0.930. The van der Waals surface area contributed by atoms with Gasteiger partial charge in [0.05, 0.1) is 6.04 Å². The van der Waals surface area contributed by atoms with Gasteiger partial charge in [-0.05, 0) is 32.3 Å². The van der Waals surface area contributed by atoms with E-state index in [2.05, 4.69) is 19.1 Å². The number of ether oxygens (including phenoxy) is 1. The number of likely N-dealkylation sites (tertiary alicyclic amines) is 2. The molecule has 1 aromatic rings. The van der Waals surface area contributed by atoms with E-state index in [4.69, 9.17) is 4.74 Å². The first-order chi connectivity index (χ1) is 11.7. The maximum Gasteiger partial charge on any atom is 0.410 e. The predicted octanol–water partition coefficient (Wildman–Crippen LogP) is 3.46. The fraction of sp³-hybridized carbons (Fsp3) is 0.600. The molecule has 0 N–H and O–H groups in total. The average molecular weight is 344 g/mol. The number of carbonyl (C=O) groups excluding carboxylic acids is 2. The summed E-state index contributed by atoms with van der Waals surface area (Å²) in [4.78, 5) is 28.3. The van der Waals surface area contributed by atoms with Crippen molar-refractivity contribution in [2.24, 2.45) is 11.8 Å². The van der Waals surface area contributed by atoms with E-state index in [0.717, 1.165) is 6.54 Å². The monoisotopic (exact) mass is 344 g/mol. The van der Waals surface area contributed by atoms with Crippen LogP contribution in [-0.2, 0) is 9.53 Å². The van der Waals surface area contributed by atoms with Crippen molar-refractivity contribution in [2.45, 2.75) is 45.8 Å². The van der Waals surface area contributed by atoms with Crippen molar-refractivity contribution in [3.05, 3.63) is 35.9 Å². The van der Waals surface area contributed by atoms with E-state index < -0.39 is 5.60 Å². The van der Waals surface area contributed by atoms with Crippen molar-refractivity contribution in [3.63, 3.8) is 0 Å². The zero-order chi connectivity index (χ0) is 18.2. The normalized spacial score (nSPS) is 23.7. The molecule has 1 aromatic carbocycles. The summed E-state index contributed by atoms with van der Waals surface area (Å²) in [6, 6.07) is 10.4. The number of carbonyl (C=O) groups is 2. The molecule has 2 fully saturated rings. The summed E-state index contributed by atoms with van der Waals surface area (Å²) < 4.78 is 5.36. The number of benzene rings is 1. The van der Waals surface area contributed by atoms with Crippen molar-refractivity contribution >= 4 is 12.0 Å². The minimum Gasteiger partial charge on any atom is -0.444 e. The third-order valence-corrected chi connectivity index (χ3v) is 4.89. The molecule has 136 valence electrons. The number of hydrogen-bond acceptors (Lipinski definition) is 3. The predicted molar refractivity (Wildman–Crippen MR) is 96.0 cm³/mol. The van der Waals surface area contributed by atoms with Gasteiger partial charge in [0, 0.05) is 32.0 Å². The SMILES string of the molecule is C[C@@H]1CN(C(=O)CC2CN(C(=O)OC(C)(C)C)C2)[C@H]1c1ccccc1. The summed E-state index contributed by atoms with van der Waals surface area (Å²) in [5, 5.41) is 0. The minimum absolute atomic E-state index is 0.190. The van der Waals surface area contributed by atoms with Crippen LogP contribution in [0.5, 0.6) is 0 Å². The van der Waals surface area contributed by atoms with Gasteiger partial charge in [-0.3, -0.25) is 4.79 Å². The quantitative estimate of drug-likeness (QED) is 0.844. The van der Waals surface area contributed by atoms with Crippen molar-refractivity contribution in [2.75, 3.05) is 19.6 Å². The Kier molecular flexibility index (Phi) is 4.76. The highest BCUT2D eigenvalue weighted by Crippen LogP contribution is 2.39. The first-order valence-corrected chi connectivity index (χ1v) is 9.07. The van der Waals surface area contributed by atoms with Crippen LogP contribution in [0, 0.1) is 11.8 Å². The second-order valence-corrected chi connectivity index (χ2v) is 8.33. The molecular weight excluding hydrogens is 316 g/mol. The van der Waals surface area contributed by atoms with Crippen LogP contribution in [0.15, 0.2) is 30.3 Å². The second-order valence-electron chi connectivity index (χ2n) is 8.33. The van der Waals surface area contributed by atoms with Gasteiger partial charge in [-0.25, -0.2) is 4.79 Å². The zero-order valence-corrected chi connectivity index (χ0v) is 15.6. The molecule has 0 spiro atoms. The molecular formula is C20H28N2O3. The second kappa shape index (κ2) is 6.70. The molecule has 2 saturated heterocycles. The highest BCUT2D eigenvalue weighted by atomic mass is 16.6. The summed E-state index contributed by atoms with van der Waals surface area (Å²) in [7, 11) is 0. The van der Waals surface area contributed by atoms with E-state index in [9.17, 15) is 9.59 Å². The number of amides is 2. The van der Waals surface area contributed by atoms with Crippen LogP contribution >= 0.6 is 0 Å². The molecule has 0 bridgehead atoms. The molecule has 2 aliphatic rings. The third kappa shape index (κ3) is 3.97. The van der Waals surface area contributed by atoms with E-state index in [1.165, 1.54) is 5.56 Å². The molecule has 2 atom stereocenters. The van der Waals surface area contributed by atoms with Crippen LogP contribution < -0.4 is 0 Å². The lowest BCUT2D eigenvalue weighted by Crippen LogP contribution is -2.55. The Morgan fingerprint density at radius 1 is 1.12 bits per heavy atom. The van der Waals surface area contributed by atoms with Crippen LogP contribution in [-0.4, -0.2) is 47.0 Å². The van der Waals surface area contributed by atoms with Crippen molar-refractivity contribution in [1.29, 1.82) is 0 Å². The summed E-state index contributed by atoms with van der Waals surface area (Å²) in [6.07, 6.45) is 0.228. The first-order valence-electron chi connectivity index (χ1n) is 9.07. The van der Waals surface area contributed by atoms with Gasteiger partial charge in [-0.15, -0.1) is 0 Å². The molecule has 25 heavy (non-hydrogen) atoms. The third-order valence-electron chi connectivity index (χ3n) is 4.89. The van der Waals surface area contributed by atoms with E-state index in [0.29, 0.717) is 25.4 Å². The van der Waals surface area contributed by atoms with Crippen molar-refractivity contribution < 1.29 is 14.3 Å². The Morgan fingerprint density at radius 3 is 2.32 bits per heavy atom. The maximum absolute atomic E-state index is 12.7. The zero-order valence-electron chi connectivity index (χ0n) is 15.6. The van der Waals surface area contributed by atoms with Crippen LogP contribution in [0.3, 0.4) is 0 Å². The summed E-state index contributed by atoms with van der Waals surface area (Å²) >= 11 is 0. The van der Waals surface area contributed by atoms with Crippen LogP contribution in [0.2, 0.25) is 0 Å². The molecule has 5 heteroatoms. The highest BCUT2D eigenvalue weighted by molar-refractivity contribution is 5.78. The fourth-order valence-electron chi connectivity index (χ4n) is 3.65. The minimum atomic E-state index is -0.478. The van der Waals surface area contributed by atoms with Crippen LogP contribution in [0.4, 0.5) is 4.79 Å². The van der Waals surface area contributed by atoms with Crippen molar-refractivity contribution in [3.8, 4) is 0 Å². The van der Waals surface area contributed by atoms with E-state index in [1.807, 2.05) is 43.9 Å². The first kappa shape index (κ1) is 17.8. The highest BCUT2D eigenvalue weighted by Gasteiger charge is 2.42. The maximum atomic E-state index is 12.7. The number of nitrogens with zero attached hydrogens (tertiary/aromatic N) is 2. The van der Waals surface area contributed by atoms with E-state index >= 15 is 0 Å². The van der Waals surface area contributed by atoms with Gasteiger partial charge in [0.1, 0.15) is 5.60 Å². The molecule has 0 unspecified atom stereocenters. The smallest absolute Gasteiger partial charge is 0.410 e. The fourth-order valence-corrected chi connectivity index (χ4v) is 3.65. The Labute approximate surface area is 149 Å². The van der Waals surface area contributed by atoms with E-state index in [1.54, 1.807) is 4.90 Å². The number of hydrogen-bond donors (Lipinski definition) is 0. The average Bonchev–Trinajstić information content (AvgIpc) is 2.46.